The van der Waals surface area contributed by atoms with Crippen LogP contribution in [0.4, 0.5) is 0 Å². The van der Waals surface area contributed by atoms with Gasteiger partial charge in [-0.1, -0.05) is 6.07 Å². The maximum absolute atomic E-state index is 12.3. The number of aliphatic hydroxyl groups is 1. The van der Waals surface area contributed by atoms with Crippen LogP contribution >= 0.6 is 0 Å². The van der Waals surface area contributed by atoms with Crippen LogP contribution in [0.15, 0.2) is 18.2 Å². The van der Waals surface area contributed by atoms with E-state index in [1.807, 2.05) is 0 Å². The van der Waals surface area contributed by atoms with Crippen molar-refractivity contribution in [2.24, 2.45) is 0 Å². The minimum absolute atomic E-state index is 0.112. The summed E-state index contributed by atoms with van der Waals surface area (Å²) in [7, 11) is 1.67. The molecule has 0 spiro atoms. The number of likely N-dealkylation sites (N-methyl/N-ethyl adjacent to an activating group) is 1. The number of nitrogens with one attached hydrogen (secondary N) is 1. The molecule has 0 radical (unpaired) electrons. The van der Waals surface area contributed by atoms with Crippen LogP contribution in [0.2, 0.25) is 0 Å². The number of benzene rings is 1. The number of amides is 1. The van der Waals surface area contributed by atoms with Crippen molar-refractivity contribution in [1.82, 2.24) is 10.2 Å². The van der Waals surface area contributed by atoms with Gasteiger partial charge in [0.05, 0.1) is 12.1 Å². The number of phenolic OH excluding ortho intramolecular Hbond substituents is 1. The van der Waals surface area contributed by atoms with Crippen molar-refractivity contribution < 1.29 is 15.0 Å². The lowest BCUT2D eigenvalue weighted by Crippen LogP contribution is -2.45. The quantitative estimate of drug-likeness (QED) is 0.743. The van der Waals surface area contributed by atoms with Crippen molar-refractivity contribution in [3.05, 3.63) is 29.3 Å². The van der Waals surface area contributed by atoms with Crippen LogP contribution in [0, 0.1) is 6.92 Å². The maximum Gasteiger partial charge on any atom is 0.254 e. The highest BCUT2D eigenvalue weighted by atomic mass is 16.3. The summed E-state index contributed by atoms with van der Waals surface area (Å²) in [4.78, 5) is 13.8. The van der Waals surface area contributed by atoms with Crippen LogP contribution in [0.1, 0.15) is 22.3 Å². The molecule has 0 aliphatic carbocycles. The third-order valence-electron chi connectivity index (χ3n) is 3.63. The third-order valence-corrected chi connectivity index (χ3v) is 3.63. The Hall–Kier alpha value is -1.59. The molecule has 3 N–H and O–H groups in total. The Kier molecular flexibility index (Phi) is 3.78. The van der Waals surface area contributed by atoms with Crippen molar-refractivity contribution in [3.8, 4) is 5.75 Å². The summed E-state index contributed by atoms with van der Waals surface area (Å²) < 4.78 is 0. The molecule has 5 nitrogen and oxygen atoms in total. The number of β-amino-alcohol motifs (C(OH)–C–C–N with tert-alkyl or cyclic N) is 1. The zero-order valence-electron chi connectivity index (χ0n) is 11.3. The molecular weight excluding hydrogens is 244 g/mol. The van der Waals surface area contributed by atoms with E-state index >= 15 is 0 Å². The van der Waals surface area contributed by atoms with Gasteiger partial charge >= 0.3 is 0 Å². The molecule has 0 saturated carbocycles. The fraction of sp³-hybridized carbons (Fsp3) is 0.500. The predicted octanol–water partition coefficient (Wildman–Crippen LogP) is 0.497. The molecule has 1 aromatic carbocycles. The van der Waals surface area contributed by atoms with Crippen LogP contribution < -0.4 is 5.32 Å². The van der Waals surface area contributed by atoms with E-state index in [1.54, 1.807) is 32.2 Å². The molecule has 0 aromatic heterocycles. The van der Waals surface area contributed by atoms with E-state index in [2.05, 4.69) is 5.32 Å². The second-order valence-corrected chi connectivity index (χ2v) is 5.26. The summed E-state index contributed by atoms with van der Waals surface area (Å²) in [5.74, 6) is -0.0748. The fourth-order valence-corrected chi connectivity index (χ4v) is 2.44. The van der Waals surface area contributed by atoms with Gasteiger partial charge in [0.25, 0.3) is 5.91 Å². The first kappa shape index (κ1) is 13.8. The number of aromatic hydroxyl groups is 1. The molecular formula is C14H20N2O3. The Morgan fingerprint density at radius 3 is 2.89 bits per heavy atom. The third kappa shape index (κ3) is 2.88. The highest BCUT2D eigenvalue weighted by molar-refractivity contribution is 5.96. The number of carbonyl (C=O) groups is 1. The summed E-state index contributed by atoms with van der Waals surface area (Å²) >= 11 is 0. The largest absolute Gasteiger partial charge is 0.508 e. The van der Waals surface area contributed by atoms with E-state index in [9.17, 15) is 15.0 Å². The fourth-order valence-electron chi connectivity index (χ4n) is 2.44. The molecule has 5 heteroatoms. The first-order valence-electron chi connectivity index (χ1n) is 6.40. The lowest BCUT2D eigenvalue weighted by molar-refractivity contribution is 0.0252. The minimum Gasteiger partial charge on any atom is -0.508 e. The van der Waals surface area contributed by atoms with E-state index in [-0.39, 0.29) is 18.2 Å². The van der Waals surface area contributed by atoms with E-state index in [4.69, 9.17) is 0 Å². The number of hydrogen-bond acceptors (Lipinski definition) is 4. The normalized spacial score (nSPS) is 22.5. The van der Waals surface area contributed by atoms with Gasteiger partial charge in [-0.15, -0.1) is 0 Å². The lowest BCUT2D eigenvalue weighted by atomic mass is 10.0. The van der Waals surface area contributed by atoms with Crippen LogP contribution in [0.3, 0.4) is 0 Å². The second kappa shape index (κ2) is 5.19. The van der Waals surface area contributed by atoms with Gasteiger partial charge in [-0.25, -0.2) is 0 Å². The molecule has 1 atom stereocenters. The van der Waals surface area contributed by atoms with E-state index in [1.165, 1.54) is 4.90 Å². The lowest BCUT2D eigenvalue weighted by Gasteiger charge is -2.28. The monoisotopic (exact) mass is 264 g/mol. The van der Waals surface area contributed by atoms with Crippen LogP contribution in [-0.4, -0.2) is 53.3 Å². The van der Waals surface area contributed by atoms with Crippen molar-refractivity contribution in [2.75, 3.05) is 26.7 Å². The van der Waals surface area contributed by atoms with Gasteiger partial charge in [0.2, 0.25) is 0 Å². The Morgan fingerprint density at radius 2 is 2.26 bits per heavy atom. The van der Waals surface area contributed by atoms with Gasteiger partial charge in [0, 0.05) is 24.7 Å². The molecule has 1 aliphatic rings. The summed E-state index contributed by atoms with van der Waals surface area (Å²) in [5.41, 5.74) is 0.183. The van der Waals surface area contributed by atoms with E-state index < -0.39 is 5.60 Å². The van der Waals surface area contributed by atoms with Crippen LogP contribution in [-0.2, 0) is 0 Å². The van der Waals surface area contributed by atoms with Gasteiger partial charge < -0.3 is 20.4 Å². The number of carbonyl (C=O) groups excluding carboxylic acids is 1. The molecule has 19 heavy (non-hydrogen) atoms. The predicted molar refractivity (Wildman–Crippen MR) is 72.2 cm³/mol. The molecule has 1 amide bonds. The maximum atomic E-state index is 12.3. The second-order valence-electron chi connectivity index (χ2n) is 5.26. The molecule has 0 bridgehead atoms. The molecule has 1 unspecified atom stereocenters. The average Bonchev–Trinajstić information content (AvgIpc) is 2.78. The van der Waals surface area contributed by atoms with Gasteiger partial charge in [-0.2, -0.15) is 0 Å². The highest BCUT2D eigenvalue weighted by Crippen LogP contribution is 2.22. The molecule has 1 aliphatic heterocycles. The number of nitrogens with zero attached hydrogens (tertiary/aromatic N) is 1. The van der Waals surface area contributed by atoms with Crippen molar-refractivity contribution >= 4 is 5.91 Å². The molecule has 1 fully saturated rings. The van der Waals surface area contributed by atoms with Crippen molar-refractivity contribution in [3.63, 3.8) is 0 Å². The zero-order chi connectivity index (χ0) is 14.0. The smallest absolute Gasteiger partial charge is 0.254 e. The summed E-state index contributed by atoms with van der Waals surface area (Å²) in [5, 5.41) is 23.0. The SMILES string of the molecule is Cc1c(O)cccc1C(=O)N(C)CC1(O)CCNC1. The average molecular weight is 264 g/mol. The molecule has 2 rings (SSSR count). The molecule has 104 valence electrons. The summed E-state index contributed by atoms with van der Waals surface area (Å²) in [6, 6.07) is 4.89. The van der Waals surface area contributed by atoms with Crippen LogP contribution in [0.25, 0.3) is 0 Å². The van der Waals surface area contributed by atoms with Gasteiger partial charge in [-0.3, -0.25) is 4.79 Å². The first-order chi connectivity index (χ1) is 8.93. The zero-order valence-corrected chi connectivity index (χ0v) is 11.3. The molecule has 1 saturated heterocycles. The summed E-state index contributed by atoms with van der Waals surface area (Å²) in [6.07, 6.45) is 0.643. The number of rotatable bonds is 3. The Morgan fingerprint density at radius 1 is 1.53 bits per heavy atom. The Labute approximate surface area is 112 Å². The Bertz CT molecular complexity index is 482. The Balaban J connectivity index is 2.12. The van der Waals surface area contributed by atoms with Gasteiger partial charge in [0.15, 0.2) is 0 Å². The van der Waals surface area contributed by atoms with Crippen LogP contribution in [0.5, 0.6) is 5.75 Å². The van der Waals surface area contributed by atoms with Gasteiger partial charge in [0.1, 0.15) is 5.75 Å². The van der Waals surface area contributed by atoms with E-state index in [0.717, 1.165) is 6.54 Å². The topological polar surface area (TPSA) is 72.8 Å². The summed E-state index contributed by atoms with van der Waals surface area (Å²) in [6.45, 7) is 3.27. The molecule has 1 heterocycles. The van der Waals surface area contributed by atoms with E-state index in [0.29, 0.717) is 24.1 Å². The van der Waals surface area contributed by atoms with Gasteiger partial charge in [-0.05, 0) is 32.0 Å². The standard InChI is InChI=1S/C14H20N2O3/c1-10-11(4-3-5-12(10)17)13(18)16(2)9-14(19)6-7-15-8-14/h3-5,15,17,19H,6-9H2,1-2H3. The highest BCUT2D eigenvalue weighted by Gasteiger charge is 2.33. The number of phenols is 1. The molecule has 1 aromatic rings. The van der Waals surface area contributed by atoms with Crippen molar-refractivity contribution in [1.29, 1.82) is 0 Å². The van der Waals surface area contributed by atoms with Crippen molar-refractivity contribution in [2.45, 2.75) is 18.9 Å². The first-order valence-corrected chi connectivity index (χ1v) is 6.40. The number of hydrogen-bond donors (Lipinski definition) is 3. The minimum atomic E-state index is -0.852.